The molecule has 0 aliphatic heterocycles. The number of halogens is 4. The molecule has 0 saturated carbocycles. The van der Waals surface area contributed by atoms with E-state index in [1.165, 1.54) is 25.1 Å². The molecule has 226 valence electrons. The van der Waals surface area contributed by atoms with Crippen LogP contribution in [0.15, 0.2) is 45.0 Å². The van der Waals surface area contributed by atoms with Crippen molar-refractivity contribution in [2.24, 2.45) is 16.5 Å². The molecule has 2 aromatic rings. The minimum Gasteiger partial charge on any atom is -0.475 e. The molecule has 1 heterocycles. The molecule has 7 N–H and O–H groups in total. The van der Waals surface area contributed by atoms with Crippen molar-refractivity contribution in [3.05, 3.63) is 57.8 Å². The zero-order valence-electron chi connectivity index (χ0n) is 21.7. The van der Waals surface area contributed by atoms with E-state index in [-0.39, 0.29) is 29.5 Å². The second-order valence-corrected chi connectivity index (χ2v) is 10.0. The van der Waals surface area contributed by atoms with Gasteiger partial charge in [-0.05, 0) is 56.5 Å². The van der Waals surface area contributed by atoms with Gasteiger partial charge in [-0.15, -0.1) is 0 Å². The first-order valence-corrected chi connectivity index (χ1v) is 13.0. The van der Waals surface area contributed by atoms with Crippen molar-refractivity contribution in [1.29, 1.82) is 0 Å². The summed E-state index contributed by atoms with van der Waals surface area (Å²) in [5.74, 6) is -4.20. The zero-order valence-corrected chi connectivity index (χ0v) is 22.6. The van der Waals surface area contributed by atoms with E-state index in [2.05, 4.69) is 15.0 Å². The number of aldehydes is 1. The first-order valence-electron chi connectivity index (χ1n) is 11.5. The Kier molecular flexibility index (Phi) is 12.5. The summed E-state index contributed by atoms with van der Waals surface area (Å²) in [4.78, 5) is 49.0. The average molecular weight is 609 g/mol. The lowest BCUT2D eigenvalue weighted by Gasteiger charge is -2.16. The van der Waals surface area contributed by atoms with Crippen molar-refractivity contribution in [1.82, 2.24) is 9.88 Å². The Morgan fingerprint density at radius 2 is 1.78 bits per heavy atom. The van der Waals surface area contributed by atoms with Gasteiger partial charge in [0, 0.05) is 12.2 Å². The summed E-state index contributed by atoms with van der Waals surface area (Å²) in [7, 11) is -4.27. The molecule has 0 aliphatic rings. The van der Waals surface area contributed by atoms with Crippen LogP contribution in [-0.2, 0) is 31.0 Å². The molecular weight excluding hydrogens is 580 g/mol. The number of aliphatic carboxylic acids is 1. The Balaban J connectivity index is 0.00000106. The van der Waals surface area contributed by atoms with Gasteiger partial charge in [-0.2, -0.15) is 13.2 Å². The third-order valence-electron chi connectivity index (χ3n) is 5.10. The molecule has 18 heteroatoms. The Bertz CT molecular complexity index is 1460. The number of alkyl halides is 3. The Morgan fingerprint density at radius 1 is 1.17 bits per heavy atom. The second kappa shape index (κ2) is 14.8. The molecule has 0 aliphatic carbocycles. The maximum atomic E-state index is 13.6. The quantitative estimate of drug-likeness (QED) is 0.0799. The van der Waals surface area contributed by atoms with Crippen LogP contribution >= 0.6 is 0 Å². The van der Waals surface area contributed by atoms with Crippen LogP contribution in [0.25, 0.3) is 0 Å². The van der Waals surface area contributed by atoms with Crippen molar-refractivity contribution in [3.63, 3.8) is 0 Å². The number of aliphatic imine (C=N–C) groups is 1. The van der Waals surface area contributed by atoms with Crippen molar-refractivity contribution in [2.45, 2.75) is 50.3 Å². The molecule has 0 fully saturated rings. The number of aromatic nitrogens is 1. The number of anilines is 1. The molecule has 0 saturated heterocycles. The van der Waals surface area contributed by atoms with E-state index < -0.39 is 52.0 Å². The molecule has 1 amide bonds. The number of nitrogens with one attached hydrogen (secondary N) is 2. The maximum absolute atomic E-state index is 13.6. The summed E-state index contributed by atoms with van der Waals surface area (Å²) in [5, 5.41) is 9.63. The third-order valence-corrected chi connectivity index (χ3v) is 6.61. The predicted molar refractivity (Wildman–Crippen MR) is 139 cm³/mol. The van der Waals surface area contributed by atoms with E-state index in [1.807, 2.05) is 0 Å². The maximum Gasteiger partial charge on any atom is 0.490 e. The highest BCUT2D eigenvalue weighted by Gasteiger charge is 2.38. The molecule has 41 heavy (non-hydrogen) atoms. The first-order chi connectivity index (χ1) is 18.9. The van der Waals surface area contributed by atoms with E-state index >= 15 is 0 Å². The van der Waals surface area contributed by atoms with E-state index in [9.17, 15) is 40.4 Å². The number of sulfonamides is 1. The van der Waals surface area contributed by atoms with Gasteiger partial charge in [-0.1, -0.05) is 6.07 Å². The number of carboxylic acids is 1. The SMILES string of the molecule is Cc1ccc(F)cc1S(=O)(=O)Nc1ccc(C)n(CC(=O)N[C@H](C=O)CCCN=C(N)N)c1=O.O=C(O)C(F)(F)F. The van der Waals surface area contributed by atoms with Gasteiger partial charge in [0.15, 0.2) is 5.96 Å². The number of hydrogen-bond donors (Lipinski definition) is 5. The van der Waals surface area contributed by atoms with Gasteiger partial charge in [0.1, 0.15) is 24.3 Å². The number of nitrogens with zero attached hydrogens (tertiary/aromatic N) is 2. The minimum absolute atomic E-state index is 0.0791. The Labute approximate surface area is 231 Å². The highest BCUT2D eigenvalue weighted by Crippen LogP contribution is 2.19. The number of carbonyl (C=O) groups is 3. The number of pyridine rings is 1. The van der Waals surface area contributed by atoms with Gasteiger partial charge in [-0.25, -0.2) is 17.6 Å². The summed E-state index contributed by atoms with van der Waals surface area (Å²) in [6.45, 7) is 2.90. The van der Waals surface area contributed by atoms with Crippen LogP contribution in [0.4, 0.5) is 23.2 Å². The lowest BCUT2D eigenvalue weighted by atomic mass is 10.2. The van der Waals surface area contributed by atoms with Gasteiger partial charge in [-0.3, -0.25) is 19.3 Å². The van der Waals surface area contributed by atoms with E-state index in [4.69, 9.17) is 21.4 Å². The number of aryl methyl sites for hydroxylation is 2. The number of carbonyl (C=O) groups excluding carboxylic acids is 2. The van der Waals surface area contributed by atoms with E-state index in [0.717, 1.165) is 16.7 Å². The van der Waals surface area contributed by atoms with Gasteiger partial charge in [0.2, 0.25) is 5.91 Å². The van der Waals surface area contributed by atoms with Crippen LogP contribution in [0.1, 0.15) is 24.1 Å². The smallest absolute Gasteiger partial charge is 0.475 e. The topological polar surface area (TPSA) is 216 Å². The number of benzene rings is 1. The van der Waals surface area contributed by atoms with Crippen LogP contribution < -0.4 is 27.1 Å². The fraction of sp³-hybridized carbons (Fsp3) is 0.348. The average Bonchev–Trinajstić information content (AvgIpc) is 2.86. The Morgan fingerprint density at radius 3 is 2.32 bits per heavy atom. The van der Waals surface area contributed by atoms with Crippen molar-refractivity contribution in [2.75, 3.05) is 11.3 Å². The number of amides is 1. The number of guanidine groups is 1. The van der Waals surface area contributed by atoms with Crippen LogP contribution in [0, 0.1) is 19.7 Å². The number of carboxylic acid groups (broad SMARTS) is 1. The number of rotatable bonds is 11. The zero-order chi connectivity index (χ0) is 31.5. The van der Waals surface area contributed by atoms with Crippen molar-refractivity contribution >= 4 is 39.8 Å². The molecule has 13 nitrogen and oxygen atoms in total. The third kappa shape index (κ3) is 11.3. The standard InChI is InChI=1S/C21H27FN6O5S.C2HF3O2/c1-13-5-7-15(22)10-18(13)34(32,33)27-17-8-6-14(2)28(20(17)31)11-19(30)26-16(12-29)4-3-9-25-21(23)24;3-2(4,5)1(6)7/h5-8,10,12,16,27H,3-4,9,11H2,1-2H3,(H,26,30)(H4,23,24,25);(H,6,7)/t16-;/m0./s1. The van der Waals surface area contributed by atoms with E-state index in [1.54, 1.807) is 6.92 Å². The van der Waals surface area contributed by atoms with Gasteiger partial charge >= 0.3 is 12.1 Å². The summed E-state index contributed by atoms with van der Waals surface area (Å²) < 4.78 is 74.0. The fourth-order valence-corrected chi connectivity index (χ4v) is 4.41. The molecule has 0 unspecified atom stereocenters. The lowest BCUT2D eigenvalue weighted by Crippen LogP contribution is -2.40. The van der Waals surface area contributed by atoms with Crippen LogP contribution in [0.5, 0.6) is 0 Å². The molecule has 1 aromatic carbocycles. The predicted octanol–water partition coefficient (Wildman–Crippen LogP) is 0.776. The molecule has 0 spiro atoms. The summed E-state index contributed by atoms with van der Waals surface area (Å²) in [6.07, 6.45) is -3.79. The van der Waals surface area contributed by atoms with Crippen molar-refractivity contribution in [3.8, 4) is 0 Å². The summed E-state index contributed by atoms with van der Waals surface area (Å²) >= 11 is 0. The van der Waals surface area contributed by atoms with Crippen LogP contribution in [0.3, 0.4) is 0 Å². The van der Waals surface area contributed by atoms with E-state index in [0.29, 0.717) is 24.0 Å². The highest BCUT2D eigenvalue weighted by atomic mass is 32.2. The summed E-state index contributed by atoms with van der Waals surface area (Å²) in [5.41, 5.74) is 10.1. The monoisotopic (exact) mass is 608 g/mol. The Hall–Kier alpha value is -4.48. The molecule has 0 radical (unpaired) electrons. The lowest BCUT2D eigenvalue weighted by molar-refractivity contribution is -0.192. The summed E-state index contributed by atoms with van der Waals surface area (Å²) in [6, 6.07) is 5.19. The molecule has 0 bridgehead atoms. The molecule has 2 rings (SSSR count). The normalized spacial score (nSPS) is 11.9. The fourth-order valence-electron chi connectivity index (χ4n) is 3.10. The number of hydrogen-bond acceptors (Lipinski definition) is 7. The largest absolute Gasteiger partial charge is 0.490 e. The van der Waals surface area contributed by atoms with Gasteiger partial charge < -0.3 is 31.3 Å². The number of nitrogens with two attached hydrogens (primary N) is 2. The van der Waals surface area contributed by atoms with Gasteiger partial charge in [0.05, 0.1) is 10.9 Å². The molecular formula is C23H28F4N6O7S. The van der Waals surface area contributed by atoms with Crippen molar-refractivity contribution < 1.29 is 45.5 Å². The second-order valence-electron chi connectivity index (χ2n) is 8.36. The molecule has 1 atom stereocenters. The highest BCUT2D eigenvalue weighted by molar-refractivity contribution is 7.92. The van der Waals surface area contributed by atoms with Crippen LogP contribution in [-0.4, -0.2) is 61.0 Å². The first kappa shape index (κ1) is 34.5. The van der Waals surface area contributed by atoms with Gasteiger partial charge in [0.25, 0.3) is 15.6 Å². The molecule has 1 aromatic heterocycles. The van der Waals surface area contributed by atoms with Crippen LogP contribution in [0.2, 0.25) is 0 Å². The minimum atomic E-state index is -5.08.